The quantitative estimate of drug-likeness (QED) is 0.594. The maximum Gasteiger partial charge on any atom is 0.303 e. The molecule has 1 atom stereocenters. The molecule has 2 nitrogen and oxygen atoms in total. The second-order valence-electron chi connectivity index (χ2n) is 2.72. The van der Waals surface area contributed by atoms with Gasteiger partial charge in [-0.25, -0.2) is 0 Å². The van der Waals surface area contributed by atoms with Crippen LogP contribution in [0.5, 0.6) is 0 Å². The average molecular weight is 140 g/mol. The summed E-state index contributed by atoms with van der Waals surface area (Å²) in [6.07, 6.45) is 7.72. The molecule has 0 bridgehead atoms. The van der Waals surface area contributed by atoms with Crippen molar-refractivity contribution in [3.05, 3.63) is 12.2 Å². The van der Waals surface area contributed by atoms with Gasteiger partial charge in [-0.15, -0.1) is 0 Å². The topological polar surface area (TPSA) is 37.3 Å². The van der Waals surface area contributed by atoms with Crippen molar-refractivity contribution in [1.29, 1.82) is 0 Å². The summed E-state index contributed by atoms with van der Waals surface area (Å²) >= 11 is 0. The molecule has 0 saturated carbocycles. The van der Waals surface area contributed by atoms with Crippen LogP contribution in [0.3, 0.4) is 0 Å². The Morgan fingerprint density at radius 1 is 1.70 bits per heavy atom. The molecule has 0 spiro atoms. The number of allylic oxidation sites excluding steroid dienone is 2. The maximum absolute atomic E-state index is 10.2. The Labute approximate surface area is 60.6 Å². The van der Waals surface area contributed by atoms with Crippen molar-refractivity contribution in [2.75, 3.05) is 0 Å². The summed E-state index contributed by atoms with van der Waals surface area (Å²) in [6, 6.07) is 0. The molecular weight excluding hydrogens is 128 g/mol. The van der Waals surface area contributed by atoms with Gasteiger partial charge in [0.25, 0.3) is 0 Å². The third kappa shape index (κ3) is 2.21. The molecule has 2 heteroatoms. The fourth-order valence-electron chi connectivity index (χ4n) is 1.28. The molecule has 10 heavy (non-hydrogen) atoms. The first kappa shape index (κ1) is 7.32. The molecule has 0 aliphatic heterocycles. The van der Waals surface area contributed by atoms with Gasteiger partial charge in [-0.2, -0.15) is 0 Å². The first-order valence-electron chi connectivity index (χ1n) is 3.67. The van der Waals surface area contributed by atoms with E-state index in [9.17, 15) is 4.79 Å². The van der Waals surface area contributed by atoms with Crippen LogP contribution in [0.15, 0.2) is 12.2 Å². The Bertz CT molecular complexity index is 149. The lowest BCUT2D eigenvalue weighted by Gasteiger charge is -2.12. The summed E-state index contributed by atoms with van der Waals surface area (Å²) in [7, 11) is 0. The zero-order valence-electron chi connectivity index (χ0n) is 5.92. The number of aliphatic carboxylic acids is 1. The molecule has 0 radical (unpaired) electrons. The van der Waals surface area contributed by atoms with Gasteiger partial charge in [-0.3, -0.25) is 4.79 Å². The molecule has 0 heterocycles. The molecule has 0 saturated heterocycles. The van der Waals surface area contributed by atoms with E-state index < -0.39 is 5.97 Å². The van der Waals surface area contributed by atoms with E-state index in [1.54, 1.807) is 0 Å². The van der Waals surface area contributed by atoms with E-state index >= 15 is 0 Å². The normalized spacial score (nSPS) is 24.6. The number of carboxylic acid groups (broad SMARTS) is 1. The first-order chi connectivity index (χ1) is 4.79. The molecule has 1 aliphatic carbocycles. The zero-order valence-corrected chi connectivity index (χ0v) is 5.92. The van der Waals surface area contributed by atoms with E-state index in [2.05, 4.69) is 6.08 Å². The highest BCUT2D eigenvalue weighted by Gasteiger charge is 2.11. The van der Waals surface area contributed by atoms with Crippen molar-refractivity contribution in [1.82, 2.24) is 0 Å². The number of hydrogen-bond acceptors (Lipinski definition) is 1. The van der Waals surface area contributed by atoms with Crippen LogP contribution < -0.4 is 0 Å². The highest BCUT2D eigenvalue weighted by atomic mass is 16.4. The van der Waals surface area contributed by atoms with E-state index in [1.165, 1.54) is 0 Å². The van der Waals surface area contributed by atoms with Crippen LogP contribution in [0.25, 0.3) is 0 Å². The minimum atomic E-state index is -0.684. The van der Waals surface area contributed by atoms with Crippen LogP contribution in [0, 0.1) is 5.92 Å². The van der Waals surface area contributed by atoms with Crippen LogP contribution in [-0.4, -0.2) is 11.1 Å². The van der Waals surface area contributed by atoms with Crippen LogP contribution >= 0.6 is 0 Å². The van der Waals surface area contributed by atoms with Gasteiger partial charge in [-0.05, 0) is 25.2 Å². The molecule has 1 rings (SSSR count). The van der Waals surface area contributed by atoms with Gasteiger partial charge in [0, 0.05) is 0 Å². The number of carbonyl (C=O) groups is 1. The van der Waals surface area contributed by atoms with E-state index in [0.717, 1.165) is 19.3 Å². The molecule has 1 N–H and O–H groups in total. The fraction of sp³-hybridized carbons (Fsp3) is 0.625. The predicted octanol–water partition coefficient (Wildman–Crippen LogP) is 1.82. The Balaban J connectivity index is 2.33. The molecular formula is C8H12O2. The smallest absolute Gasteiger partial charge is 0.303 e. The van der Waals surface area contributed by atoms with Crippen molar-refractivity contribution >= 4 is 5.97 Å². The lowest BCUT2D eigenvalue weighted by Crippen LogP contribution is -2.07. The van der Waals surface area contributed by atoms with Gasteiger partial charge in [0.2, 0.25) is 0 Å². The molecule has 0 aromatic heterocycles. The summed E-state index contributed by atoms with van der Waals surface area (Å²) in [4.78, 5) is 10.2. The van der Waals surface area contributed by atoms with Crippen LogP contribution in [0.1, 0.15) is 25.7 Å². The minimum absolute atomic E-state index is 0.297. The molecule has 1 aliphatic rings. The van der Waals surface area contributed by atoms with Gasteiger partial charge in [-0.1, -0.05) is 12.2 Å². The highest BCUT2D eigenvalue weighted by Crippen LogP contribution is 2.19. The molecule has 0 unspecified atom stereocenters. The summed E-state index contributed by atoms with van der Waals surface area (Å²) in [5, 5.41) is 8.43. The second kappa shape index (κ2) is 3.40. The van der Waals surface area contributed by atoms with Crippen molar-refractivity contribution in [3.63, 3.8) is 0 Å². The fourth-order valence-corrected chi connectivity index (χ4v) is 1.28. The Hall–Kier alpha value is -0.790. The highest BCUT2D eigenvalue weighted by molar-refractivity contribution is 5.67. The third-order valence-electron chi connectivity index (χ3n) is 1.79. The van der Waals surface area contributed by atoms with Crippen molar-refractivity contribution in [3.8, 4) is 0 Å². The van der Waals surface area contributed by atoms with Gasteiger partial charge in [0.1, 0.15) is 0 Å². The van der Waals surface area contributed by atoms with Crippen LogP contribution in [-0.2, 0) is 4.79 Å². The summed E-state index contributed by atoms with van der Waals surface area (Å²) in [5.41, 5.74) is 0. The molecule has 0 aromatic carbocycles. The summed E-state index contributed by atoms with van der Waals surface area (Å²) in [5.74, 6) is -0.386. The van der Waals surface area contributed by atoms with E-state index in [-0.39, 0.29) is 0 Å². The Morgan fingerprint density at radius 3 is 3.00 bits per heavy atom. The lowest BCUT2D eigenvalue weighted by molar-refractivity contribution is -0.137. The zero-order chi connectivity index (χ0) is 7.40. The summed E-state index contributed by atoms with van der Waals surface area (Å²) in [6.45, 7) is 0. The monoisotopic (exact) mass is 140 g/mol. The van der Waals surface area contributed by atoms with E-state index in [1.807, 2.05) is 6.08 Å². The minimum Gasteiger partial charge on any atom is -0.481 e. The van der Waals surface area contributed by atoms with Crippen molar-refractivity contribution in [2.45, 2.75) is 25.7 Å². The Morgan fingerprint density at radius 2 is 2.50 bits per heavy atom. The predicted molar refractivity (Wildman–Crippen MR) is 38.7 cm³/mol. The number of hydrogen-bond donors (Lipinski definition) is 1. The summed E-state index contributed by atoms with van der Waals surface area (Å²) < 4.78 is 0. The van der Waals surface area contributed by atoms with Gasteiger partial charge < -0.3 is 5.11 Å². The molecule has 0 amide bonds. The largest absolute Gasteiger partial charge is 0.481 e. The number of carboxylic acids is 1. The first-order valence-corrected chi connectivity index (χ1v) is 3.67. The van der Waals surface area contributed by atoms with E-state index in [0.29, 0.717) is 12.3 Å². The lowest BCUT2D eigenvalue weighted by atomic mass is 9.93. The second-order valence-corrected chi connectivity index (χ2v) is 2.72. The van der Waals surface area contributed by atoms with Crippen molar-refractivity contribution in [2.24, 2.45) is 5.92 Å². The molecule has 0 aromatic rings. The third-order valence-corrected chi connectivity index (χ3v) is 1.79. The maximum atomic E-state index is 10.2. The van der Waals surface area contributed by atoms with Gasteiger partial charge in [0.15, 0.2) is 0 Å². The van der Waals surface area contributed by atoms with Gasteiger partial charge in [0.05, 0.1) is 6.42 Å². The van der Waals surface area contributed by atoms with Gasteiger partial charge >= 0.3 is 5.97 Å². The van der Waals surface area contributed by atoms with Crippen LogP contribution in [0.2, 0.25) is 0 Å². The van der Waals surface area contributed by atoms with Crippen molar-refractivity contribution < 1.29 is 9.90 Å². The standard InChI is InChI=1S/C8H12O2/c9-8(10)6-7-4-2-1-3-5-7/h2,4,7H,1,3,5-6H2,(H,9,10)/t7-/m1/s1. The average Bonchev–Trinajstić information content (AvgIpc) is 1.88. The Kier molecular flexibility index (Phi) is 2.49. The molecule has 0 fully saturated rings. The SMILES string of the molecule is O=C(O)C[C@@H]1C=CCCC1. The van der Waals surface area contributed by atoms with E-state index in [4.69, 9.17) is 5.11 Å². The molecule has 56 valence electrons. The number of rotatable bonds is 2. The van der Waals surface area contributed by atoms with Crippen LogP contribution in [0.4, 0.5) is 0 Å².